The van der Waals surface area contributed by atoms with E-state index in [0.29, 0.717) is 45.0 Å². The van der Waals surface area contributed by atoms with Gasteiger partial charge in [-0.3, -0.25) is 43.2 Å². The van der Waals surface area contributed by atoms with Gasteiger partial charge in [0.2, 0.25) is 41.4 Å². The van der Waals surface area contributed by atoms with Gasteiger partial charge >= 0.3 is 12.2 Å². The van der Waals surface area contributed by atoms with E-state index in [1.54, 1.807) is 64.2 Å². The fraction of sp³-hybridized carbons (Fsp3) is 0.379. The number of alkyl halides is 4. The number of likely N-dealkylation sites (tertiary alicyclic amines) is 1. The van der Waals surface area contributed by atoms with E-state index in [4.69, 9.17) is 49.9 Å². The lowest BCUT2D eigenvalue weighted by atomic mass is 10.1. The molecule has 5 fully saturated rings. The summed E-state index contributed by atoms with van der Waals surface area (Å²) in [4.78, 5) is 162. The Morgan fingerprint density at radius 2 is 0.976 bits per heavy atom. The Balaban J connectivity index is 0.000000243. The Bertz CT molecular complexity index is 5580. The molecule has 3 saturated carbocycles. The van der Waals surface area contributed by atoms with Crippen molar-refractivity contribution in [3.8, 4) is 0 Å². The summed E-state index contributed by atoms with van der Waals surface area (Å²) in [6.07, 6.45) is 11.5. The van der Waals surface area contributed by atoms with E-state index in [9.17, 15) is 83.5 Å². The van der Waals surface area contributed by atoms with Crippen molar-refractivity contribution in [3.05, 3.63) is 216 Å². The Morgan fingerprint density at radius 3 is 1.37 bits per heavy atom. The number of nitrogens with one attached hydrogen (secondary N) is 5. The predicted octanol–water partition coefficient (Wildman–Crippen LogP) is 15.2. The minimum absolute atomic E-state index is 0. The van der Waals surface area contributed by atoms with Gasteiger partial charge in [0.15, 0.2) is 11.6 Å². The van der Waals surface area contributed by atoms with Crippen molar-refractivity contribution in [1.29, 1.82) is 0 Å². The number of benzene rings is 6. The number of piperidine rings is 2. The van der Waals surface area contributed by atoms with Crippen LogP contribution in [0, 0.1) is 17.5 Å². The molecule has 0 atom stereocenters. The summed E-state index contributed by atoms with van der Waals surface area (Å²) in [6, 6.07) is 29.6. The molecule has 3 aromatic heterocycles. The van der Waals surface area contributed by atoms with Crippen LogP contribution in [0.3, 0.4) is 0 Å². The number of Topliss-reactive ketones (excluding diaryl/α,β-unsaturated/α-hetero) is 2. The first-order valence-electron chi connectivity index (χ1n) is 39.1. The number of rotatable bonds is 27. The first-order chi connectivity index (χ1) is 58.7. The number of halogens is 11. The molecule has 6 aromatic carbocycles. The molecule has 39 heteroatoms. The van der Waals surface area contributed by atoms with Crippen molar-refractivity contribution >= 4 is 157 Å². The summed E-state index contributed by atoms with van der Waals surface area (Å²) in [6.45, 7) is 1.94. The molecular weight excluding hydrogens is 1740 g/mol. The summed E-state index contributed by atoms with van der Waals surface area (Å²) in [5.74, 6) is -10.6. The van der Waals surface area contributed by atoms with E-state index in [0.717, 1.165) is 72.7 Å². The molecule has 14 rings (SSSR count). The topological polar surface area (TPSA) is 359 Å². The molecule has 2 aliphatic heterocycles. The van der Waals surface area contributed by atoms with Crippen LogP contribution in [-0.4, -0.2) is 180 Å². The molecule has 28 nitrogen and oxygen atoms in total. The second-order valence-corrected chi connectivity index (χ2v) is 31.1. The van der Waals surface area contributed by atoms with E-state index >= 15 is 0 Å². The molecule has 5 aliphatic rings. The molecule has 126 heavy (non-hydrogen) atoms. The van der Waals surface area contributed by atoms with Crippen LogP contribution in [0.1, 0.15) is 146 Å². The highest BCUT2D eigenvalue weighted by molar-refractivity contribution is 6.31. The summed E-state index contributed by atoms with van der Waals surface area (Å²) in [7, 11) is 0. The lowest BCUT2D eigenvalue weighted by Gasteiger charge is -2.32. The van der Waals surface area contributed by atoms with Crippen LogP contribution in [0.2, 0.25) is 15.1 Å². The Morgan fingerprint density at radius 1 is 0.556 bits per heavy atom. The predicted molar refractivity (Wildman–Crippen MR) is 461 cm³/mol. The maximum atomic E-state index is 14.2. The molecule has 0 spiro atoms. The van der Waals surface area contributed by atoms with Gasteiger partial charge in [0.1, 0.15) is 43.4 Å². The number of ketones is 2. The highest BCUT2D eigenvalue weighted by atomic mass is 35.5. The van der Waals surface area contributed by atoms with E-state index in [1.165, 1.54) is 76.9 Å². The highest BCUT2D eigenvalue weighted by Crippen LogP contribution is 2.35. The molecular formula is C87H94Cl4F7N15O13. The van der Waals surface area contributed by atoms with Crippen LogP contribution >= 0.6 is 47.2 Å². The lowest BCUT2D eigenvalue weighted by molar-refractivity contribution is -0.192. The first-order valence-corrected chi connectivity index (χ1v) is 40.2. The van der Waals surface area contributed by atoms with E-state index in [1.807, 2.05) is 35.0 Å². The standard InChI is InChI=1S/C30H31ClF3N5O4.C25H22ClFN6O4.C24H23ClFN3O3.C5H9F2N.CO2.2CH4.ClH/c1-18(40)23-14-38(25-12-20(6-9-22(23)25)36-29(43)37-11-3-10-30(33,34)17-37)16-27(42)39(21-7-8-21)15-26(41)35-13-19-4-2-5-24(31)28(19)32;1-14(34)19-11-32(21-9-15(5-8-18(19)21)25(37)30-31-28)13-23(36)33(17-6-7-17)12-22(35)29-10-16-3-2-4-20(26)24(16)27;25-20-6-3-4-16(24(20)26)12-27-22(31)14-29(18-8-9-18)23(32)15-28-13-17(10-11-30)19-5-1-2-7-21(19)28;6-5(7)2-1-3-8-4-5;2-1-3;;;/h2,4-6,9,12,14,21H,3,7-8,10-11,13,15-17H2,1H3,(H,35,41)(H,36,43);2-5,8-9,11,17H,6-7,10,12-13H2,1H3,(H,29,35);1-7,11,13,18H,8-10,12,14-15H2,(H,27,31);8H,1-4H2;;2*1H4;1H. The number of carbonyl (C=O) groups is 11. The zero-order valence-corrected chi connectivity index (χ0v) is 70.0. The smallest absolute Gasteiger partial charge is 0.350 e. The summed E-state index contributed by atoms with van der Waals surface area (Å²) < 4.78 is 99.2. The lowest BCUT2D eigenvalue weighted by Crippen LogP contribution is -2.47. The van der Waals surface area contributed by atoms with Gasteiger partial charge < -0.3 is 64.7 Å². The number of urea groups is 1. The zero-order valence-electron chi connectivity index (χ0n) is 66.9. The molecule has 9 aromatic rings. The molecule has 0 bridgehead atoms. The maximum Gasteiger partial charge on any atom is 0.373 e. The van der Waals surface area contributed by atoms with Gasteiger partial charge in [-0.1, -0.05) is 122 Å². The summed E-state index contributed by atoms with van der Waals surface area (Å²) in [5, 5.41) is 18.2. The molecule has 0 radical (unpaired) electrons. The average molecular weight is 1830 g/mol. The molecule has 3 aliphatic carbocycles. The molecule has 5 heterocycles. The fourth-order valence-electron chi connectivity index (χ4n) is 14.0. The number of hydrogen-bond donors (Lipinski definition) is 5. The quantitative estimate of drug-likeness (QED) is 0.00798. The van der Waals surface area contributed by atoms with Crippen LogP contribution in [0.5, 0.6) is 0 Å². The number of azide groups is 1. The number of hydrogen-bond acceptors (Lipinski definition) is 14. The van der Waals surface area contributed by atoms with Gasteiger partial charge in [-0.2, -0.15) is 9.59 Å². The second-order valence-electron chi connectivity index (χ2n) is 29.8. The van der Waals surface area contributed by atoms with E-state index in [-0.39, 0.29) is 222 Å². The molecule has 2 saturated heterocycles. The molecule has 5 N–H and O–H groups in total. The highest BCUT2D eigenvalue weighted by Gasteiger charge is 2.40. The summed E-state index contributed by atoms with van der Waals surface area (Å²) >= 11 is 17.4. The summed E-state index contributed by atoms with van der Waals surface area (Å²) in [5.41, 5.74) is 13.1. The van der Waals surface area contributed by atoms with Crippen LogP contribution < -0.4 is 26.6 Å². The van der Waals surface area contributed by atoms with Crippen LogP contribution in [0.25, 0.3) is 43.2 Å². The van der Waals surface area contributed by atoms with Gasteiger partial charge in [-0.05, 0) is 130 Å². The number of para-hydroxylation sites is 1. The Hall–Kier alpha value is -12.0. The third-order valence-corrected chi connectivity index (χ3v) is 21.5. The van der Waals surface area contributed by atoms with Gasteiger partial charge in [0.25, 0.3) is 11.8 Å². The maximum absolute atomic E-state index is 14.2. The van der Waals surface area contributed by atoms with Gasteiger partial charge in [-0.15, -0.1) is 12.4 Å². The van der Waals surface area contributed by atoms with Crippen molar-refractivity contribution in [1.82, 2.24) is 54.6 Å². The second kappa shape index (κ2) is 46.3. The number of aldehydes is 1. The fourth-order valence-corrected chi connectivity index (χ4v) is 14.6. The molecule has 672 valence electrons. The van der Waals surface area contributed by atoms with Crippen LogP contribution in [0.15, 0.2) is 139 Å². The van der Waals surface area contributed by atoms with Crippen molar-refractivity contribution in [2.75, 3.05) is 51.1 Å². The van der Waals surface area contributed by atoms with E-state index < -0.39 is 59.6 Å². The van der Waals surface area contributed by atoms with Crippen molar-refractivity contribution in [2.24, 2.45) is 5.11 Å². The number of nitrogens with zero attached hydrogens (tertiary/aromatic N) is 10. The van der Waals surface area contributed by atoms with Gasteiger partial charge in [-0.25, -0.2) is 35.5 Å². The van der Waals surface area contributed by atoms with E-state index in [2.05, 4.69) is 36.6 Å². The minimum Gasteiger partial charge on any atom is -0.350 e. The number of carbonyl (C=O) groups excluding carboxylic acids is 13. The minimum atomic E-state index is -2.94. The van der Waals surface area contributed by atoms with Crippen LogP contribution in [0.4, 0.5) is 41.2 Å². The Labute approximate surface area is 741 Å². The normalized spacial score (nSPS) is 14.4. The van der Waals surface area contributed by atoms with Gasteiger partial charge in [0.05, 0.1) is 53.3 Å². The zero-order chi connectivity index (χ0) is 89.0. The van der Waals surface area contributed by atoms with Gasteiger partial charge in [0, 0.05) is 153 Å². The first kappa shape index (κ1) is 101. The molecule has 0 unspecified atom stereocenters. The van der Waals surface area contributed by atoms with Crippen molar-refractivity contribution in [2.45, 2.75) is 169 Å². The Kier molecular flexibility index (Phi) is 37.2. The number of anilines is 1. The number of aromatic nitrogens is 3. The third-order valence-electron chi connectivity index (χ3n) is 20.6. The van der Waals surface area contributed by atoms with Crippen molar-refractivity contribution < 1.29 is 93.1 Å². The SMILES string of the molecule is C.C.CC(=O)c1cn(CC(=O)N(CC(=O)NCc2cccc(Cl)c2F)C2CC2)c2cc(C(=O)N=[N+]=[N-])ccc12.CC(=O)c1cn(CC(=O)N(CC(=O)NCc2cccc(Cl)c2F)C2CC2)c2cc(NC(=O)N3CCCC(F)(F)C3)ccc12.Cl.FC1(F)CCCNC1.O=C=O.O=CCc1cn(CC(=O)N(CC(=O)NCc2cccc(Cl)c2F)C2CC2)c2ccccc12. The van der Waals surface area contributed by atoms with Crippen LogP contribution in [-0.2, 0) is 88.8 Å². The van der Waals surface area contributed by atoms with Crippen molar-refractivity contribution in [3.63, 3.8) is 0 Å². The number of amides is 9. The largest absolute Gasteiger partial charge is 0.373 e. The third kappa shape index (κ3) is 27.8. The molecule has 9 amide bonds. The monoisotopic (exact) mass is 1830 g/mol. The number of fused-ring (bicyclic) bond motifs is 3. The average Bonchev–Trinajstić information content (AvgIpc) is 1.65.